The lowest BCUT2D eigenvalue weighted by Crippen LogP contribution is -2.27. The molecule has 1 aromatic carbocycles. The molecule has 0 unspecified atom stereocenters. The van der Waals surface area contributed by atoms with E-state index in [4.69, 9.17) is 4.74 Å². The van der Waals surface area contributed by atoms with Gasteiger partial charge in [-0.1, -0.05) is 6.07 Å². The first kappa shape index (κ1) is 17.3. The smallest absolute Gasteiger partial charge is 0.412 e. The molecule has 2 N–H and O–H groups in total. The quantitative estimate of drug-likeness (QED) is 0.802. The number of nitrogens with zero attached hydrogens (tertiary/aromatic N) is 1. The molecule has 2 rings (SSSR count). The molecule has 1 amide bonds. The largest absolute Gasteiger partial charge is 0.444 e. The Balaban J connectivity index is 1.94. The third kappa shape index (κ3) is 6.28. The zero-order chi connectivity index (χ0) is 16.9. The number of pyridine rings is 1. The minimum Gasteiger partial charge on any atom is -0.444 e. The molecule has 6 heteroatoms. The van der Waals surface area contributed by atoms with Gasteiger partial charge in [0.05, 0.1) is 12.2 Å². The summed E-state index contributed by atoms with van der Waals surface area (Å²) < 4.78 is 6.19. The van der Waals surface area contributed by atoms with Crippen molar-refractivity contribution in [3.8, 4) is 0 Å². The van der Waals surface area contributed by atoms with E-state index < -0.39 is 11.7 Å². The molecule has 0 fully saturated rings. The van der Waals surface area contributed by atoms with Crippen molar-refractivity contribution in [2.75, 3.05) is 10.6 Å². The maximum absolute atomic E-state index is 11.8. The maximum Gasteiger partial charge on any atom is 0.412 e. The third-order valence-electron chi connectivity index (χ3n) is 2.77. The Morgan fingerprint density at radius 3 is 2.61 bits per heavy atom. The van der Waals surface area contributed by atoms with Crippen molar-refractivity contribution in [1.82, 2.24) is 4.98 Å². The van der Waals surface area contributed by atoms with E-state index in [1.807, 2.05) is 57.2 Å². The molecule has 0 spiro atoms. The lowest BCUT2D eigenvalue weighted by molar-refractivity contribution is 0.0636. The molecule has 0 saturated carbocycles. The van der Waals surface area contributed by atoms with Gasteiger partial charge in [-0.05, 0) is 67.0 Å². The van der Waals surface area contributed by atoms with E-state index in [-0.39, 0.29) is 0 Å². The summed E-state index contributed by atoms with van der Waals surface area (Å²) in [6.45, 7) is 6.09. The van der Waals surface area contributed by atoms with Crippen molar-refractivity contribution in [2.45, 2.75) is 32.9 Å². The molecule has 1 heterocycles. The Hall–Kier alpha value is -2.08. The SMILES string of the molecule is CC(C)(C)OC(=O)Nc1cccc(NCc2ccc(Br)cn2)c1. The fraction of sp³-hybridized carbons (Fsp3) is 0.294. The average molecular weight is 378 g/mol. The Kier molecular flexibility index (Phi) is 5.60. The fourth-order valence-electron chi connectivity index (χ4n) is 1.83. The van der Waals surface area contributed by atoms with Crippen molar-refractivity contribution in [3.05, 3.63) is 52.8 Å². The van der Waals surface area contributed by atoms with Gasteiger partial charge in [-0.15, -0.1) is 0 Å². The van der Waals surface area contributed by atoms with E-state index in [0.717, 1.165) is 15.9 Å². The number of nitrogens with one attached hydrogen (secondary N) is 2. The first-order chi connectivity index (χ1) is 10.8. The van der Waals surface area contributed by atoms with Crippen LogP contribution in [0.25, 0.3) is 0 Å². The van der Waals surface area contributed by atoms with Crippen LogP contribution in [0.4, 0.5) is 16.2 Å². The standard InChI is InChI=1S/C17H20BrN3O2/c1-17(2,3)23-16(22)21-14-6-4-5-13(9-14)20-11-15-8-7-12(18)10-19-15/h4-10,20H,11H2,1-3H3,(H,21,22). The minimum atomic E-state index is -0.521. The highest BCUT2D eigenvalue weighted by Gasteiger charge is 2.16. The van der Waals surface area contributed by atoms with Crippen molar-refractivity contribution >= 4 is 33.4 Å². The first-order valence-corrected chi connectivity index (χ1v) is 8.05. The van der Waals surface area contributed by atoms with Crippen LogP contribution < -0.4 is 10.6 Å². The highest BCUT2D eigenvalue weighted by Crippen LogP contribution is 2.17. The fourth-order valence-corrected chi connectivity index (χ4v) is 2.07. The lowest BCUT2D eigenvalue weighted by Gasteiger charge is -2.19. The summed E-state index contributed by atoms with van der Waals surface area (Å²) >= 11 is 3.36. The van der Waals surface area contributed by atoms with E-state index in [1.54, 1.807) is 6.20 Å². The van der Waals surface area contributed by atoms with Gasteiger partial charge in [0.2, 0.25) is 0 Å². The zero-order valence-electron chi connectivity index (χ0n) is 13.4. The van der Waals surface area contributed by atoms with Crippen molar-refractivity contribution in [2.24, 2.45) is 0 Å². The van der Waals surface area contributed by atoms with Crippen LogP contribution in [0.1, 0.15) is 26.5 Å². The molecular formula is C17H20BrN3O2. The number of benzene rings is 1. The van der Waals surface area contributed by atoms with Crippen molar-refractivity contribution in [1.29, 1.82) is 0 Å². The molecule has 1 aromatic heterocycles. The molecule has 0 atom stereocenters. The molecule has 2 aromatic rings. The molecule has 0 radical (unpaired) electrons. The van der Waals surface area contributed by atoms with Gasteiger partial charge in [0.15, 0.2) is 0 Å². The zero-order valence-corrected chi connectivity index (χ0v) is 15.0. The summed E-state index contributed by atoms with van der Waals surface area (Å²) in [5.41, 5.74) is 1.97. The van der Waals surface area contributed by atoms with Crippen molar-refractivity contribution < 1.29 is 9.53 Å². The number of rotatable bonds is 4. The number of amides is 1. The number of anilines is 2. The Bertz CT molecular complexity index is 666. The Labute approximate surface area is 144 Å². The number of aromatic nitrogens is 1. The molecule has 122 valence electrons. The lowest BCUT2D eigenvalue weighted by atomic mass is 10.2. The molecule has 0 aliphatic carbocycles. The minimum absolute atomic E-state index is 0.468. The van der Waals surface area contributed by atoms with Gasteiger partial charge in [-0.25, -0.2) is 4.79 Å². The van der Waals surface area contributed by atoms with E-state index in [1.165, 1.54) is 0 Å². The number of hydrogen-bond donors (Lipinski definition) is 2. The van der Waals surface area contributed by atoms with E-state index in [0.29, 0.717) is 12.2 Å². The molecule has 0 aliphatic heterocycles. The second kappa shape index (κ2) is 7.46. The van der Waals surface area contributed by atoms with Gasteiger partial charge in [0.1, 0.15) is 5.60 Å². The van der Waals surface area contributed by atoms with E-state index in [9.17, 15) is 4.79 Å². The number of ether oxygens (including phenoxy) is 1. The van der Waals surface area contributed by atoms with Crippen LogP contribution >= 0.6 is 15.9 Å². The summed E-state index contributed by atoms with van der Waals surface area (Å²) in [4.78, 5) is 16.1. The monoisotopic (exact) mass is 377 g/mol. The van der Waals surface area contributed by atoms with Crippen LogP contribution in [0.3, 0.4) is 0 Å². The molecule has 0 bridgehead atoms. The van der Waals surface area contributed by atoms with Gasteiger partial charge in [-0.2, -0.15) is 0 Å². The summed E-state index contributed by atoms with van der Waals surface area (Å²) in [6, 6.07) is 11.4. The average Bonchev–Trinajstić information content (AvgIpc) is 2.45. The molecular weight excluding hydrogens is 358 g/mol. The molecule has 0 saturated heterocycles. The maximum atomic E-state index is 11.8. The van der Waals surface area contributed by atoms with Crippen LogP contribution in [0.2, 0.25) is 0 Å². The van der Waals surface area contributed by atoms with E-state index >= 15 is 0 Å². The number of halogens is 1. The normalized spacial score (nSPS) is 11.0. The number of carbonyl (C=O) groups excluding carboxylic acids is 1. The predicted molar refractivity (Wildman–Crippen MR) is 95.6 cm³/mol. The highest BCUT2D eigenvalue weighted by atomic mass is 79.9. The summed E-state index contributed by atoms with van der Waals surface area (Å²) in [6.07, 6.45) is 1.29. The second-order valence-electron chi connectivity index (χ2n) is 6.03. The molecule has 0 aliphatic rings. The number of hydrogen-bond acceptors (Lipinski definition) is 4. The van der Waals surface area contributed by atoms with Crippen LogP contribution in [-0.4, -0.2) is 16.7 Å². The van der Waals surface area contributed by atoms with Gasteiger partial charge in [0, 0.05) is 22.0 Å². The second-order valence-corrected chi connectivity index (χ2v) is 6.94. The summed E-state index contributed by atoms with van der Waals surface area (Å²) in [7, 11) is 0. The Morgan fingerprint density at radius 1 is 1.22 bits per heavy atom. The van der Waals surface area contributed by atoms with Gasteiger partial charge in [-0.3, -0.25) is 10.3 Å². The molecule has 5 nitrogen and oxygen atoms in total. The summed E-state index contributed by atoms with van der Waals surface area (Å²) in [5, 5.41) is 5.99. The first-order valence-electron chi connectivity index (χ1n) is 7.26. The van der Waals surface area contributed by atoms with Crippen LogP contribution in [0.5, 0.6) is 0 Å². The topological polar surface area (TPSA) is 63.2 Å². The van der Waals surface area contributed by atoms with Crippen molar-refractivity contribution in [3.63, 3.8) is 0 Å². The van der Waals surface area contributed by atoms with Crippen LogP contribution in [-0.2, 0) is 11.3 Å². The van der Waals surface area contributed by atoms with Gasteiger partial charge < -0.3 is 10.1 Å². The van der Waals surface area contributed by atoms with E-state index in [2.05, 4.69) is 31.5 Å². The van der Waals surface area contributed by atoms with Gasteiger partial charge in [0.25, 0.3) is 0 Å². The third-order valence-corrected chi connectivity index (χ3v) is 3.24. The van der Waals surface area contributed by atoms with Crippen LogP contribution in [0.15, 0.2) is 47.1 Å². The predicted octanol–water partition coefficient (Wildman–Crippen LogP) is 4.80. The molecule has 23 heavy (non-hydrogen) atoms. The highest BCUT2D eigenvalue weighted by molar-refractivity contribution is 9.10. The Morgan fingerprint density at radius 2 is 1.96 bits per heavy atom. The summed E-state index contributed by atoms with van der Waals surface area (Å²) in [5.74, 6) is 0. The number of carbonyl (C=O) groups is 1. The van der Waals surface area contributed by atoms with Gasteiger partial charge >= 0.3 is 6.09 Å². The van der Waals surface area contributed by atoms with Crippen LogP contribution in [0, 0.1) is 0 Å².